The minimum absolute atomic E-state index is 0.416. The van der Waals surface area contributed by atoms with Crippen molar-refractivity contribution in [3.8, 4) is 0 Å². The number of rotatable bonds is 5. The number of anilines is 1. The number of nitrogens with one attached hydrogen (secondary N) is 1. The van der Waals surface area contributed by atoms with Crippen molar-refractivity contribution >= 4 is 29.1 Å². The topological polar surface area (TPSA) is 81.4 Å². The summed E-state index contributed by atoms with van der Waals surface area (Å²) in [5.74, 6) is 0.265. The van der Waals surface area contributed by atoms with Crippen molar-refractivity contribution < 1.29 is 9.63 Å². The fourth-order valence-electron chi connectivity index (χ4n) is 2.51. The van der Waals surface area contributed by atoms with Crippen molar-refractivity contribution in [2.45, 2.75) is 17.3 Å². The Balaban J connectivity index is 1.61. The summed E-state index contributed by atoms with van der Waals surface area (Å²) in [5, 5.41) is 12.2. The van der Waals surface area contributed by atoms with Crippen LogP contribution in [0, 0.1) is 6.92 Å². The monoisotopic (exact) mass is 365 g/mol. The van der Waals surface area contributed by atoms with Gasteiger partial charge in [0.15, 0.2) is 5.25 Å². The van der Waals surface area contributed by atoms with Crippen LogP contribution in [0.4, 0.5) is 5.69 Å². The summed E-state index contributed by atoms with van der Waals surface area (Å²) >= 11 is 1.25. The normalized spacial score (nSPS) is 16.3. The number of oxime groups is 1. The Hall–Kier alpha value is -3.13. The largest absolute Gasteiger partial charge is 0.354 e. The first-order valence-corrected chi connectivity index (χ1v) is 8.85. The van der Waals surface area contributed by atoms with E-state index in [1.807, 2.05) is 67.6 Å². The second-order valence-corrected chi connectivity index (χ2v) is 6.67. The van der Waals surface area contributed by atoms with Gasteiger partial charge in [0.1, 0.15) is 11.5 Å². The molecule has 0 radical (unpaired) electrons. The van der Waals surface area contributed by atoms with Gasteiger partial charge in [-0.15, -0.1) is 10.2 Å². The Labute approximate surface area is 154 Å². The third-order valence-electron chi connectivity index (χ3n) is 3.80. The van der Waals surface area contributed by atoms with Gasteiger partial charge in [-0.3, -0.25) is 5.43 Å². The molecule has 26 heavy (non-hydrogen) atoms. The molecule has 0 aliphatic carbocycles. The van der Waals surface area contributed by atoms with Gasteiger partial charge in [0.05, 0.1) is 5.69 Å². The third kappa shape index (κ3) is 3.18. The van der Waals surface area contributed by atoms with Crippen molar-refractivity contribution in [2.75, 3.05) is 5.43 Å². The zero-order chi connectivity index (χ0) is 17.9. The summed E-state index contributed by atoms with van der Waals surface area (Å²) in [6.45, 7) is 1.84. The maximum absolute atomic E-state index is 12.2. The first kappa shape index (κ1) is 16.3. The maximum atomic E-state index is 12.2. The highest BCUT2D eigenvalue weighted by atomic mass is 32.2. The molecule has 8 heteroatoms. The van der Waals surface area contributed by atoms with Crippen LogP contribution in [-0.2, 0) is 9.63 Å². The van der Waals surface area contributed by atoms with Gasteiger partial charge in [0.2, 0.25) is 5.16 Å². The fourth-order valence-corrected chi connectivity index (χ4v) is 3.53. The van der Waals surface area contributed by atoms with Crippen LogP contribution in [0.1, 0.15) is 11.4 Å². The first-order valence-electron chi connectivity index (χ1n) is 7.97. The molecule has 0 saturated heterocycles. The zero-order valence-corrected chi connectivity index (χ0v) is 14.7. The molecule has 1 aliphatic heterocycles. The molecule has 0 spiro atoms. The van der Waals surface area contributed by atoms with Gasteiger partial charge in [-0.25, -0.2) is 9.47 Å². The van der Waals surface area contributed by atoms with E-state index < -0.39 is 11.2 Å². The first-order chi connectivity index (χ1) is 12.7. The molecule has 2 aromatic carbocycles. The van der Waals surface area contributed by atoms with Gasteiger partial charge in [-0.1, -0.05) is 65.4 Å². The van der Waals surface area contributed by atoms with E-state index >= 15 is 0 Å². The van der Waals surface area contributed by atoms with Crippen LogP contribution in [0.5, 0.6) is 0 Å². The van der Waals surface area contributed by atoms with Gasteiger partial charge in [0.25, 0.3) is 0 Å². The summed E-state index contributed by atoms with van der Waals surface area (Å²) in [7, 11) is 0. The number of carbonyl (C=O) groups excluding carboxylic acids is 1. The maximum Gasteiger partial charge on any atom is 0.354 e. The molecule has 0 bridgehead atoms. The molecule has 0 amide bonds. The lowest BCUT2D eigenvalue weighted by molar-refractivity contribution is -0.139. The van der Waals surface area contributed by atoms with E-state index in [2.05, 4.69) is 20.8 Å². The van der Waals surface area contributed by atoms with Crippen molar-refractivity contribution in [3.05, 3.63) is 72.1 Å². The van der Waals surface area contributed by atoms with Crippen molar-refractivity contribution in [3.63, 3.8) is 0 Å². The minimum atomic E-state index is -0.600. The molecule has 1 aliphatic rings. The Kier molecular flexibility index (Phi) is 4.40. The van der Waals surface area contributed by atoms with Crippen LogP contribution in [0.25, 0.3) is 0 Å². The van der Waals surface area contributed by atoms with Crippen LogP contribution in [0.3, 0.4) is 0 Å². The van der Waals surface area contributed by atoms with Crippen LogP contribution >= 0.6 is 11.8 Å². The van der Waals surface area contributed by atoms with Crippen molar-refractivity contribution in [2.24, 2.45) is 5.16 Å². The number of benzene rings is 2. The van der Waals surface area contributed by atoms with Crippen LogP contribution < -0.4 is 5.43 Å². The van der Waals surface area contributed by atoms with Gasteiger partial charge >= 0.3 is 5.97 Å². The molecule has 1 aromatic heterocycles. The number of carbonyl (C=O) groups is 1. The predicted octanol–water partition coefficient (Wildman–Crippen LogP) is 2.88. The van der Waals surface area contributed by atoms with Crippen molar-refractivity contribution in [1.82, 2.24) is 14.9 Å². The molecule has 2 heterocycles. The molecule has 1 unspecified atom stereocenters. The number of para-hydroxylation sites is 1. The van der Waals surface area contributed by atoms with Crippen LogP contribution in [0.2, 0.25) is 0 Å². The van der Waals surface area contributed by atoms with E-state index in [-0.39, 0.29) is 0 Å². The number of nitrogens with zero attached hydrogens (tertiary/aromatic N) is 4. The SMILES string of the molecule is Cc1nnc(SC2C(=O)ON=C2c2ccccc2)n1Nc1ccccc1. The lowest BCUT2D eigenvalue weighted by Gasteiger charge is -2.13. The highest BCUT2D eigenvalue weighted by Gasteiger charge is 2.36. The molecule has 7 nitrogen and oxygen atoms in total. The summed E-state index contributed by atoms with van der Waals surface area (Å²) < 4.78 is 1.74. The summed E-state index contributed by atoms with van der Waals surface area (Å²) in [6, 6.07) is 19.2. The lowest BCUT2D eigenvalue weighted by atomic mass is 10.1. The molecule has 4 rings (SSSR count). The quantitative estimate of drug-likeness (QED) is 0.700. The zero-order valence-electron chi connectivity index (χ0n) is 13.9. The Morgan fingerprint density at radius 3 is 2.46 bits per heavy atom. The summed E-state index contributed by atoms with van der Waals surface area (Å²) in [4.78, 5) is 17.1. The number of hydrogen-bond acceptors (Lipinski definition) is 7. The van der Waals surface area contributed by atoms with Gasteiger partial charge in [-0.2, -0.15) is 0 Å². The fraction of sp³-hybridized carbons (Fsp3) is 0.111. The molecule has 1 N–H and O–H groups in total. The van der Waals surface area contributed by atoms with Crippen molar-refractivity contribution in [1.29, 1.82) is 0 Å². The van der Waals surface area contributed by atoms with E-state index in [4.69, 9.17) is 4.84 Å². The smallest absolute Gasteiger partial charge is 0.316 e. The number of hydrogen-bond donors (Lipinski definition) is 1. The molecule has 130 valence electrons. The average Bonchev–Trinajstić information content (AvgIpc) is 3.21. The second kappa shape index (κ2) is 7.01. The van der Waals surface area contributed by atoms with E-state index in [0.29, 0.717) is 16.7 Å². The summed E-state index contributed by atoms with van der Waals surface area (Å²) in [5.41, 5.74) is 5.55. The van der Waals surface area contributed by atoms with Gasteiger partial charge in [0, 0.05) is 5.56 Å². The molecular formula is C18H15N5O2S. The molecule has 0 fully saturated rings. The second-order valence-electron chi connectivity index (χ2n) is 5.59. The molecular weight excluding hydrogens is 350 g/mol. The molecule has 1 atom stereocenters. The lowest BCUT2D eigenvalue weighted by Crippen LogP contribution is -2.23. The Bertz CT molecular complexity index is 956. The van der Waals surface area contributed by atoms with Gasteiger partial charge < -0.3 is 4.84 Å². The number of thioether (sulfide) groups is 1. The Morgan fingerprint density at radius 2 is 1.73 bits per heavy atom. The summed E-state index contributed by atoms with van der Waals surface area (Å²) in [6.07, 6.45) is 0. The average molecular weight is 365 g/mol. The number of aryl methyl sites for hydroxylation is 1. The standard InChI is InChI=1S/C18H15N5O2S/c1-12-19-20-18(23(12)21-14-10-6-3-7-11-14)26-16-15(22-25-17(16)24)13-8-4-2-5-9-13/h2-11,16,21H,1H3. The van der Waals surface area contributed by atoms with Gasteiger partial charge in [-0.05, 0) is 19.1 Å². The predicted molar refractivity (Wildman–Crippen MR) is 98.9 cm³/mol. The van der Waals surface area contributed by atoms with E-state index in [0.717, 1.165) is 11.3 Å². The number of aromatic nitrogens is 3. The molecule has 3 aromatic rings. The Morgan fingerprint density at radius 1 is 1.04 bits per heavy atom. The van der Waals surface area contributed by atoms with E-state index in [9.17, 15) is 4.79 Å². The minimum Gasteiger partial charge on any atom is -0.316 e. The van der Waals surface area contributed by atoms with E-state index in [1.54, 1.807) is 4.68 Å². The van der Waals surface area contributed by atoms with Crippen LogP contribution in [0.15, 0.2) is 71.0 Å². The molecule has 0 saturated carbocycles. The highest BCUT2D eigenvalue weighted by Crippen LogP contribution is 2.29. The van der Waals surface area contributed by atoms with Crippen LogP contribution in [-0.4, -0.2) is 31.8 Å². The third-order valence-corrected chi connectivity index (χ3v) is 4.93. The van der Waals surface area contributed by atoms with E-state index in [1.165, 1.54) is 11.8 Å². The highest BCUT2D eigenvalue weighted by molar-refractivity contribution is 8.01.